The minimum Gasteiger partial charge on any atom is -0.412 e. The molecule has 0 spiro atoms. The quantitative estimate of drug-likeness (QED) is 0.226. The summed E-state index contributed by atoms with van der Waals surface area (Å²) in [5, 5.41) is 5.92. The molecule has 2 aliphatic heterocycles. The van der Waals surface area contributed by atoms with Gasteiger partial charge in [0.1, 0.15) is 12.3 Å². The Labute approximate surface area is 329 Å². The molecule has 26 heteroatoms. The Morgan fingerprint density at radius 3 is 1.32 bits per heavy atom. The number of nitrogens with zero attached hydrogens (tertiary/aromatic N) is 2. The fraction of sp³-hybridized carbons (Fsp3) is 0.500. The van der Waals surface area contributed by atoms with Crippen LogP contribution in [0, 0.1) is 0 Å². The molecular formula is C24H38B17F2N4O2Pd. The van der Waals surface area contributed by atoms with Gasteiger partial charge in [0, 0.05) is 207 Å². The third kappa shape index (κ3) is 20.3. The SMILES string of the molecule is FC1CN(Cc2ccccc2)CCN(Cc2ccccc2)C1.FC1CNCCNC1.O.O.[B][B]B(B([B])[B])B(B([B])[B])B(B([B])[B])B([B])[B].[Pd]. The second kappa shape index (κ2) is 29.2. The van der Waals surface area contributed by atoms with E-state index in [0.29, 0.717) is 26.2 Å². The van der Waals surface area contributed by atoms with Gasteiger partial charge in [0.05, 0.1) is 0 Å². The minimum atomic E-state index is -0.796. The Morgan fingerprint density at radius 1 is 0.620 bits per heavy atom. The number of benzene rings is 2. The van der Waals surface area contributed by atoms with Gasteiger partial charge in [-0.1, -0.05) is 60.7 Å². The van der Waals surface area contributed by atoms with Crippen LogP contribution >= 0.6 is 0 Å². The summed E-state index contributed by atoms with van der Waals surface area (Å²) in [6.45, 7) is 7.35. The number of halogens is 2. The average Bonchev–Trinajstić information content (AvgIpc) is 3.37. The monoisotopic (exact) mass is 745 g/mol. The molecule has 6 N–H and O–H groups in total. The van der Waals surface area contributed by atoms with E-state index >= 15 is 0 Å². The molecule has 0 aromatic heterocycles. The molecule has 0 saturated carbocycles. The molecule has 2 aromatic carbocycles. The predicted molar refractivity (Wildman–Crippen MR) is 224 cm³/mol. The van der Waals surface area contributed by atoms with E-state index in [4.69, 9.17) is 69.6 Å². The summed E-state index contributed by atoms with van der Waals surface area (Å²) in [6, 6.07) is 20.7. The molecule has 2 fully saturated rings. The van der Waals surface area contributed by atoms with Crippen molar-refractivity contribution in [1.82, 2.24) is 20.4 Å². The van der Waals surface area contributed by atoms with Crippen molar-refractivity contribution in [3.05, 3.63) is 71.8 Å². The molecule has 2 heterocycles. The number of hydrogen-bond donors (Lipinski definition) is 2. The Kier molecular flexibility index (Phi) is 30.3. The van der Waals surface area contributed by atoms with E-state index in [-0.39, 0.29) is 31.4 Å². The first kappa shape index (κ1) is 51.9. The van der Waals surface area contributed by atoms with E-state index in [1.807, 2.05) is 36.4 Å². The molecule has 0 unspecified atom stereocenters. The molecule has 2 aliphatic rings. The summed E-state index contributed by atoms with van der Waals surface area (Å²) in [4.78, 5) is 4.45. The van der Waals surface area contributed by atoms with Crippen LogP contribution in [-0.4, -0.2) is 207 Å². The normalized spacial score (nSPS) is 15.1. The first-order chi connectivity index (χ1) is 22.4. The summed E-state index contributed by atoms with van der Waals surface area (Å²) in [5.41, 5.74) is 2.51. The van der Waals surface area contributed by atoms with E-state index in [1.165, 1.54) is 18.2 Å². The van der Waals surface area contributed by atoms with Gasteiger partial charge in [0.15, 0.2) is 0 Å². The number of rotatable bonds is 11. The van der Waals surface area contributed by atoms with Crippen LogP contribution in [-0.2, 0) is 33.5 Å². The summed E-state index contributed by atoms with van der Waals surface area (Å²) < 4.78 is 26.6. The number of nitrogens with one attached hydrogen (secondary N) is 2. The Bertz CT molecular complexity index is 1020. The van der Waals surface area contributed by atoms with Crippen LogP contribution in [0.4, 0.5) is 8.78 Å². The van der Waals surface area contributed by atoms with Gasteiger partial charge in [-0.15, -0.1) is 0 Å². The van der Waals surface area contributed by atoms with Gasteiger partial charge < -0.3 is 21.6 Å². The van der Waals surface area contributed by atoms with E-state index in [9.17, 15) is 8.78 Å². The second-order valence-electron chi connectivity index (χ2n) is 12.3. The number of alkyl halides is 2. The van der Waals surface area contributed by atoms with Gasteiger partial charge in [-0.2, -0.15) is 0 Å². The second-order valence-corrected chi connectivity index (χ2v) is 12.3. The molecule has 2 saturated heterocycles. The first-order valence-corrected chi connectivity index (χ1v) is 16.2. The molecule has 50 heavy (non-hydrogen) atoms. The Balaban J connectivity index is 0. The van der Waals surface area contributed by atoms with E-state index in [2.05, 4.69) is 44.7 Å². The van der Waals surface area contributed by atoms with Gasteiger partial charge in [0.2, 0.25) is 0 Å². The van der Waals surface area contributed by atoms with E-state index < -0.39 is 57.0 Å². The van der Waals surface area contributed by atoms with Crippen molar-refractivity contribution in [2.24, 2.45) is 0 Å². The topological polar surface area (TPSA) is 93.5 Å². The van der Waals surface area contributed by atoms with Gasteiger partial charge in [0.25, 0.3) is 0 Å². The third-order valence-electron chi connectivity index (χ3n) is 8.24. The van der Waals surface area contributed by atoms with Crippen LogP contribution in [0.2, 0.25) is 0 Å². The molecule has 0 aliphatic carbocycles. The van der Waals surface area contributed by atoms with Gasteiger partial charge in [-0.05, 0) is 11.1 Å². The predicted octanol–water partition coefficient (Wildman–Crippen LogP) is -5.27. The maximum atomic E-state index is 14.3. The molecular weight excluding hydrogens is 705 g/mol. The van der Waals surface area contributed by atoms with Gasteiger partial charge in [-0.3, -0.25) is 9.80 Å². The van der Waals surface area contributed by atoms with Crippen LogP contribution in [0.15, 0.2) is 60.7 Å². The molecule has 2 aromatic rings. The summed E-state index contributed by atoms with van der Waals surface area (Å²) >= 11 is 0. The number of hydrogen-bond acceptors (Lipinski definition) is 4. The zero-order chi connectivity index (χ0) is 34.8. The Hall–Kier alpha value is -0.174. The van der Waals surface area contributed by atoms with E-state index in [1.54, 1.807) is 0 Å². The fourth-order valence-electron chi connectivity index (χ4n) is 5.87. The zero-order valence-corrected chi connectivity index (χ0v) is 30.3. The van der Waals surface area contributed by atoms with Crippen molar-refractivity contribution >= 4 is 121 Å². The van der Waals surface area contributed by atoms with Crippen LogP contribution in [0.1, 0.15) is 11.1 Å². The summed E-state index contributed by atoms with van der Waals surface area (Å²) in [5.74, 6) is 0. The molecule has 6 nitrogen and oxygen atoms in total. The van der Waals surface area contributed by atoms with Crippen molar-refractivity contribution in [3.8, 4) is 0 Å². The maximum Gasteiger partial charge on any atom is 0.125 e. The standard InChI is InChI=1S/C19H23FN2.C5H11FN2.B17.2H2O.Pd/c20-19-15-21(13-17-7-3-1-4-8-17)11-12-22(16-19)14-18-9-5-2-6-10-18;6-5-3-7-1-2-8-4-5;1-10-15(11(2)3)17(14(8)9)16(12(4)5)13(6)7;;;/h1-10,19H,11-16H2;5,7-8H,1-4H2;;2*1H2;. The molecule has 241 valence electrons. The van der Waals surface area contributed by atoms with Crippen LogP contribution in [0.25, 0.3) is 0 Å². The van der Waals surface area contributed by atoms with Crippen molar-refractivity contribution in [2.45, 2.75) is 25.4 Å². The molecule has 19 radical (unpaired) electrons. The fourth-order valence-corrected chi connectivity index (χ4v) is 5.87. The summed E-state index contributed by atoms with van der Waals surface area (Å²) in [6.07, 6.45) is -6.14. The first-order valence-electron chi connectivity index (χ1n) is 16.2. The smallest absolute Gasteiger partial charge is 0.125 e. The largest absolute Gasteiger partial charge is 0.412 e. The minimum absolute atomic E-state index is 0. The van der Waals surface area contributed by atoms with Crippen LogP contribution in [0.3, 0.4) is 0 Å². The molecule has 4 rings (SSSR count). The summed E-state index contributed by atoms with van der Waals surface area (Å²) in [7, 11) is 52.0. The van der Waals surface area contributed by atoms with Crippen LogP contribution in [0.5, 0.6) is 0 Å². The zero-order valence-electron chi connectivity index (χ0n) is 28.8. The Morgan fingerprint density at radius 2 is 1.00 bits per heavy atom. The van der Waals surface area contributed by atoms with Crippen LogP contribution < -0.4 is 10.6 Å². The van der Waals surface area contributed by atoms with Crippen molar-refractivity contribution in [1.29, 1.82) is 0 Å². The van der Waals surface area contributed by atoms with E-state index in [0.717, 1.165) is 39.3 Å². The maximum absolute atomic E-state index is 14.3. The molecule has 0 atom stereocenters. The van der Waals surface area contributed by atoms with Gasteiger partial charge >= 0.3 is 0 Å². The average molecular weight is 743 g/mol. The molecule has 0 bridgehead atoms. The molecule has 0 amide bonds. The van der Waals surface area contributed by atoms with Gasteiger partial charge in [-0.25, -0.2) is 8.78 Å². The van der Waals surface area contributed by atoms with Crippen molar-refractivity contribution in [2.75, 3.05) is 52.4 Å². The van der Waals surface area contributed by atoms with Crippen molar-refractivity contribution in [3.63, 3.8) is 0 Å². The van der Waals surface area contributed by atoms with Crippen molar-refractivity contribution < 1.29 is 40.2 Å². The third-order valence-corrected chi connectivity index (χ3v) is 8.24.